The number of carbonyl (C=O) groups excluding carboxylic acids is 2. The predicted octanol–water partition coefficient (Wildman–Crippen LogP) is 2.82. The van der Waals surface area contributed by atoms with E-state index >= 15 is 0 Å². The van der Waals surface area contributed by atoms with Crippen LogP contribution < -0.4 is 15.4 Å². The number of amides is 3. The molecular weight excluding hydrogens is 404 g/mol. The molecule has 1 aliphatic carbocycles. The minimum absolute atomic E-state index is 0.0374. The number of fused-ring (bicyclic) bond motifs is 3. The average Bonchev–Trinajstić information content (AvgIpc) is 3.26. The van der Waals surface area contributed by atoms with Gasteiger partial charge in [0.25, 0.3) is 5.52 Å². The fourth-order valence-electron chi connectivity index (χ4n) is 6.02. The molecule has 170 valence electrons. The maximum atomic E-state index is 12.9. The highest BCUT2D eigenvalue weighted by Gasteiger charge is 2.45. The minimum Gasteiger partial charge on any atom is -0.338 e. The second-order valence-corrected chi connectivity index (χ2v) is 9.93. The van der Waals surface area contributed by atoms with Crippen LogP contribution in [0.25, 0.3) is 10.9 Å². The zero-order valence-corrected chi connectivity index (χ0v) is 18.9. The number of pyridine rings is 1. The third-order valence-electron chi connectivity index (χ3n) is 7.75. The highest BCUT2D eigenvalue weighted by Crippen LogP contribution is 2.37. The number of aromatic nitrogens is 1. The number of carbonyl (C=O) groups is 2. The average molecular weight is 438 g/mol. The van der Waals surface area contributed by atoms with Crippen LogP contribution in [0.5, 0.6) is 0 Å². The van der Waals surface area contributed by atoms with Crippen LogP contribution in [0, 0.1) is 18.8 Å². The van der Waals surface area contributed by atoms with Crippen molar-refractivity contribution in [3.8, 4) is 0 Å². The molecule has 4 atom stereocenters. The highest BCUT2D eigenvalue weighted by atomic mass is 16.5. The Balaban J connectivity index is 1.16. The lowest BCUT2D eigenvalue weighted by Gasteiger charge is -2.27. The third kappa shape index (κ3) is 3.78. The van der Waals surface area contributed by atoms with E-state index in [2.05, 4.69) is 23.6 Å². The quantitative estimate of drug-likeness (QED) is 0.382. The Labute approximate surface area is 188 Å². The fourth-order valence-corrected chi connectivity index (χ4v) is 6.02. The summed E-state index contributed by atoms with van der Waals surface area (Å²) in [5, 5.41) is 17.8. The lowest BCUT2D eigenvalue weighted by Crippen LogP contribution is -2.45. The Kier molecular flexibility index (Phi) is 5.43. The fraction of sp³-hybridized carbons (Fsp3) is 0.560. The summed E-state index contributed by atoms with van der Waals surface area (Å²) in [6.07, 6.45) is 5.19. The van der Waals surface area contributed by atoms with Gasteiger partial charge in [-0.05, 0) is 55.7 Å². The van der Waals surface area contributed by atoms with Gasteiger partial charge < -0.3 is 15.5 Å². The van der Waals surface area contributed by atoms with Gasteiger partial charge in [0.1, 0.15) is 0 Å². The van der Waals surface area contributed by atoms with Gasteiger partial charge in [0.2, 0.25) is 11.6 Å². The number of hydrogen-bond acceptors (Lipinski definition) is 3. The number of nitrogens with zero attached hydrogens (tertiary/aromatic N) is 2. The van der Waals surface area contributed by atoms with E-state index in [1.165, 1.54) is 4.73 Å². The van der Waals surface area contributed by atoms with Crippen LogP contribution in [0.2, 0.25) is 0 Å². The number of aryl methyl sites for hydroxylation is 1. The molecule has 2 fully saturated rings. The summed E-state index contributed by atoms with van der Waals surface area (Å²) in [5.74, 6) is 1.28. The number of urea groups is 1. The first-order valence-electron chi connectivity index (χ1n) is 11.9. The molecule has 1 aromatic heterocycles. The lowest BCUT2D eigenvalue weighted by atomic mass is 9.89. The van der Waals surface area contributed by atoms with E-state index in [0.29, 0.717) is 37.8 Å². The molecule has 1 saturated carbocycles. The van der Waals surface area contributed by atoms with Gasteiger partial charge in [0.05, 0.1) is 30.4 Å². The van der Waals surface area contributed by atoms with Gasteiger partial charge >= 0.3 is 6.03 Å². The van der Waals surface area contributed by atoms with Crippen LogP contribution in [0.3, 0.4) is 0 Å². The first kappa shape index (κ1) is 21.0. The molecule has 32 heavy (non-hydrogen) atoms. The maximum absolute atomic E-state index is 12.9. The van der Waals surface area contributed by atoms with Gasteiger partial charge in [-0.3, -0.25) is 10.0 Å². The largest absolute Gasteiger partial charge is 0.338 e. The van der Waals surface area contributed by atoms with Crippen molar-refractivity contribution in [3.63, 3.8) is 0 Å². The molecule has 1 aromatic carbocycles. The molecule has 2 aliphatic heterocycles. The molecule has 7 heteroatoms. The van der Waals surface area contributed by atoms with E-state index < -0.39 is 0 Å². The second kappa shape index (κ2) is 8.26. The van der Waals surface area contributed by atoms with Crippen LogP contribution in [-0.2, 0) is 17.8 Å². The standard InChI is InChI=1S/C25H32N4O3/c1-15-7-8-17-13-18-14-28(10-9-21(18)29(32)22(17)11-15)23(30)6-4-3-5-19-16(2)12-20-24(19)27-25(31)26-20/h7-8,11,13,16,19-20,24H,3-6,9-10,12,14H2,1-2H3,(H2-,26,27,31,32)/p+1/t16?,19-,20?,24?/m1/s1. The summed E-state index contributed by atoms with van der Waals surface area (Å²) in [6, 6.07) is 8.65. The Morgan fingerprint density at radius 3 is 2.94 bits per heavy atom. The van der Waals surface area contributed by atoms with Gasteiger partial charge in [0, 0.05) is 29.3 Å². The molecule has 0 radical (unpaired) electrons. The van der Waals surface area contributed by atoms with E-state index in [1.807, 2.05) is 30.0 Å². The smallest absolute Gasteiger partial charge is 0.315 e. The summed E-state index contributed by atoms with van der Waals surface area (Å²) in [4.78, 5) is 26.4. The summed E-state index contributed by atoms with van der Waals surface area (Å²) in [7, 11) is 0. The molecule has 3 aliphatic rings. The Morgan fingerprint density at radius 2 is 2.09 bits per heavy atom. The Bertz CT molecular complexity index is 1070. The zero-order valence-electron chi connectivity index (χ0n) is 18.9. The Morgan fingerprint density at radius 1 is 1.25 bits per heavy atom. The van der Waals surface area contributed by atoms with Crippen molar-refractivity contribution < 1.29 is 19.5 Å². The molecule has 2 aromatic rings. The van der Waals surface area contributed by atoms with Gasteiger partial charge in [-0.15, -0.1) is 0 Å². The van der Waals surface area contributed by atoms with Crippen molar-refractivity contribution in [1.82, 2.24) is 15.5 Å². The van der Waals surface area contributed by atoms with Crippen molar-refractivity contribution in [2.24, 2.45) is 11.8 Å². The lowest BCUT2D eigenvalue weighted by molar-refractivity contribution is -0.890. The van der Waals surface area contributed by atoms with E-state index in [9.17, 15) is 14.8 Å². The molecule has 0 bridgehead atoms. The molecule has 1 saturated heterocycles. The monoisotopic (exact) mass is 437 g/mol. The van der Waals surface area contributed by atoms with Crippen LogP contribution in [-0.4, -0.2) is 40.7 Å². The predicted molar refractivity (Wildman–Crippen MR) is 120 cm³/mol. The van der Waals surface area contributed by atoms with Crippen molar-refractivity contribution in [2.45, 2.75) is 71.0 Å². The second-order valence-electron chi connectivity index (χ2n) is 9.93. The first-order chi connectivity index (χ1) is 15.4. The van der Waals surface area contributed by atoms with E-state index in [0.717, 1.165) is 53.4 Å². The number of benzene rings is 1. The van der Waals surface area contributed by atoms with Crippen molar-refractivity contribution in [3.05, 3.63) is 41.1 Å². The van der Waals surface area contributed by atoms with Gasteiger partial charge in [0.15, 0.2) is 0 Å². The molecule has 7 nitrogen and oxygen atoms in total. The number of rotatable bonds is 5. The maximum Gasteiger partial charge on any atom is 0.315 e. The molecule has 3 heterocycles. The van der Waals surface area contributed by atoms with Crippen LogP contribution in [0.4, 0.5) is 4.79 Å². The van der Waals surface area contributed by atoms with E-state index in [-0.39, 0.29) is 24.0 Å². The summed E-state index contributed by atoms with van der Waals surface area (Å²) >= 11 is 0. The van der Waals surface area contributed by atoms with Gasteiger partial charge in [-0.25, -0.2) is 4.79 Å². The topological polar surface area (TPSA) is 85.6 Å². The van der Waals surface area contributed by atoms with Crippen molar-refractivity contribution >= 4 is 22.8 Å². The number of hydrogen-bond donors (Lipinski definition) is 3. The summed E-state index contributed by atoms with van der Waals surface area (Å²) in [6.45, 7) is 5.49. The summed E-state index contributed by atoms with van der Waals surface area (Å²) < 4.78 is 1.31. The molecule has 3 amide bonds. The number of nitrogens with one attached hydrogen (secondary N) is 2. The van der Waals surface area contributed by atoms with E-state index in [4.69, 9.17) is 0 Å². The molecule has 3 unspecified atom stereocenters. The first-order valence-corrected chi connectivity index (χ1v) is 11.9. The zero-order chi connectivity index (χ0) is 22.4. The normalized spacial score (nSPS) is 26.6. The van der Waals surface area contributed by atoms with Gasteiger partial charge in [-0.1, -0.05) is 19.4 Å². The van der Waals surface area contributed by atoms with E-state index in [1.54, 1.807) is 0 Å². The SMILES string of the molecule is Cc1ccc2cc3c([n+](O)c2c1)CCN(C(=O)CCCC[C@@H]1C(C)CC2NC(=O)NC21)C3. The van der Waals surface area contributed by atoms with Crippen LogP contribution >= 0.6 is 0 Å². The van der Waals surface area contributed by atoms with Crippen LogP contribution in [0.1, 0.15) is 55.8 Å². The minimum atomic E-state index is -0.0374. The number of unbranched alkanes of at least 4 members (excludes halogenated alkanes) is 1. The van der Waals surface area contributed by atoms with Gasteiger partial charge in [-0.2, -0.15) is 0 Å². The molecular formula is C25H33N4O3+. The van der Waals surface area contributed by atoms with Crippen LogP contribution in [0.15, 0.2) is 24.3 Å². The third-order valence-corrected chi connectivity index (χ3v) is 7.75. The Hall–Kier alpha value is -2.83. The van der Waals surface area contributed by atoms with Crippen molar-refractivity contribution in [2.75, 3.05) is 6.54 Å². The molecule has 0 spiro atoms. The molecule has 3 N–H and O–H groups in total. The molecule has 5 rings (SSSR count). The highest BCUT2D eigenvalue weighted by molar-refractivity contribution is 5.79. The van der Waals surface area contributed by atoms with Crippen molar-refractivity contribution in [1.29, 1.82) is 0 Å². The summed E-state index contributed by atoms with van der Waals surface area (Å²) in [5.41, 5.74) is 3.87.